The van der Waals surface area contributed by atoms with Crippen molar-refractivity contribution < 1.29 is 4.42 Å². The second-order valence-corrected chi connectivity index (χ2v) is 15.6. The average Bonchev–Trinajstić information content (AvgIpc) is 3.88. The number of fused-ring (bicyclic) bond motifs is 15. The summed E-state index contributed by atoms with van der Waals surface area (Å²) in [6, 6.07) is 58.0. The first-order valence-corrected chi connectivity index (χ1v) is 19.0. The molecule has 0 bridgehead atoms. The Hall–Kier alpha value is -6.00. The van der Waals surface area contributed by atoms with Gasteiger partial charge < -0.3 is 4.42 Å². The molecule has 0 amide bonds. The number of hydrogen-bond acceptors (Lipinski definition) is 3. The van der Waals surface area contributed by atoms with Crippen LogP contribution < -0.4 is 0 Å². The fourth-order valence-corrected chi connectivity index (χ4v) is 11.2. The molecular weight excluding hydrogens is 657 g/mol. The third-order valence-corrected chi connectivity index (χ3v) is 13.3. The smallest absolute Gasteiger partial charge is 0.145 e. The molecule has 0 aliphatic carbocycles. The maximum atomic E-state index is 6.68. The van der Waals surface area contributed by atoms with Crippen molar-refractivity contribution in [2.24, 2.45) is 0 Å². The lowest BCUT2D eigenvalue weighted by Crippen LogP contribution is -1.90. The van der Waals surface area contributed by atoms with Crippen LogP contribution in [0.15, 0.2) is 162 Å². The number of furan rings is 1. The fraction of sp³-hybridized carbons (Fsp3) is 0. The summed E-state index contributed by atoms with van der Waals surface area (Å²) in [4.78, 5) is 0. The molecular formula is C48H26OS2. The van der Waals surface area contributed by atoms with Gasteiger partial charge in [-0.25, -0.2) is 0 Å². The Morgan fingerprint density at radius 2 is 0.922 bits per heavy atom. The van der Waals surface area contributed by atoms with E-state index in [4.69, 9.17) is 4.42 Å². The second-order valence-electron chi connectivity index (χ2n) is 13.5. The standard InChI is InChI=1S/C48H26OS2/c1-3-15-31-29(13-1)42(30-14-2-4-16-32(30)43(31)38-21-11-20-34-28-12-8-10-23-40(28)50-47(34)38)27-24-25-37-41(26-27)51-48-35-18-6-5-17-33(35)44-36-19-7-9-22-39(36)49-46(44)45(37)48/h1-26H. The molecule has 1 nitrogen and oxygen atoms in total. The monoisotopic (exact) mass is 682 g/mol. The molecule has 3 heteroatoms. The Bertz CT molecular complexity index is 3370. The number of benzene rings is 9. The van der Waals surface area contributed by atoms with Crippen LogP contribution in [-0.4, -0.2) is 0 Å². The molecule has 0 aliphatic heterocycles. The Balaban J connectivity index is 1.17. The SMILES string of the molecule is c1ccc2c(c1)oc1c2c2ccccc2c2sc3cc(-c4c5ccccc5c(-c5cccc6c5sc5ccccc56)c5ccccc45)ccc3c12. The van der Waals surface area contributed by atoms with Gasteiger partial charge in [0.25, 0.3) is 0 Å². The van der Waals surface area contributed by atoms with Crippen LogP contribution >= 0.6 is 22.7 Å². The van der Waals surface area contributed by atoms with Gasteiger partial charge in [0, 0.05) is 62.1 Å². The van der Waals surface area contributed by atoms with Crippen molar-refractivity contribution in [1.29, 1.82) is 0 Å². The highest BCUT2D eigenvalue weighted by Crippen LogP contribution is 2.50. The van der Waals surface area contributed by atoms with E-state index in [9.17, 15) is 0 Å². The summed E-state index contributed by atoms with van der Waals surface area (Å²) in [6.45, 7) is 0. The normalized spacial score (nSPS) is 12.3. The Kier molecular flexibility index (Phi) is 5.59. The molecule has 0 atom stereocenters. The first-order chi connectivity index (χ1) is 25.3. The van der Waals surface area contributed by atoms with Gasteiger partial charge in [0.15, 0.2) is 0 Å². The van der Waals surface area contributed by atoms with E-state index in [-0.39, 0.29) is 0 Å². The van der Waals surface area contributed by atoms with Crippen LogP contribution in [0, 0.1) is 0 Å². The van der Waals surface area contributed by atoms with E-state index in [0.29, 0.717) is 0 Å². The van der Waals surface area contributed by atoms with Crippen molar-refractivity contribution in [3.05, 3.63) is 158 Å². The molecule has 0 fully saturated rings. The summed E-state index contributed by atoms with van der Waals surface area (Å²) in [7, 11) is 0. The summed E-state index contributed by atoms with van der Waals surface area (Å²) >= 11 is 3.78. The van der Waals surface area contributed by atoms with Crippen LogP contribution in [0.5, 0.6) is 0 Å². The maximum Gasteiger partial charge on any atom is 0.145 e. The molecule has 236 valence electrons. The predicted octanol–water partition coefficient (Wildman–Crippen LogP) is 15.1. The van der Waals surface area contributed by atoms with Gasteiger partial charge >= 0.3 is 0 Å². The summed E-state index contributed by atoms with van der Waals surface area (Å²) in [5, 5.41) is 15.1. The third kappa shape index (κ3) is 3.74. The van der Waals surface area contributed by atoms with Gasteiger partial charge in [0.05, 0.1) is 0 Å². The summed E-state index contributed by atoms with van der Waals surface area (Å²) < 4.78 is 11.9. The van der Waals surface area contributed by atoms with Crippen LogP contribution in [0.25, 0.3) is 117 Å². The van der Waals surface area contributed by atoms with Gasteiger partial charge in [-0.15, -0.1) is 22.7 Å². The van der Waals surface area contributed by atoms with Crippen LogP contribution in [-0.2, 0) is 0 Å². The topological polar surface area (TPSA) is 13.1 Å². The molecule has 51 heavy (non-hydrogen) atoms. The summed E-state index contributed by atoms with van der Waals surface area (Å²) in [5.41, 5.74) is 7.05. The zero-order valence-electron chi connectivity index (χ0n) is 27.2. The molecule has 0 radical (unpaired) electrons. The summed E-state index contributed by atoms with van der Waals surface area (Å²) in [5.74, 6) is 0. The fourth-order valence-electron chi connectivity index (χ4n) is 8.73. The third-order valence-electron chi connectivity index (χ3n) is 10.8. The highest BCUT2D eigenvalue weighted by atomic mass is 32.1. The Labute approximate surface area is 300 Å². The molecule has 0 saturated carbocycles. The van der Waals surface area contributed by atoms with Gasteiger partial charge in [-0.05, 0) is 61.8 Å². The van der Waals surface area contributed by atoms with Crippen molar-refractivity contribution >= 4 is 117 Å². The van der Waals surface area contributed by atoms with E-state index in [1.165, 1.54) is 106 Å². The lowest BCUT2D eigenvalue weighted by molar-refractivity contribution is 0.673. The van der Waals surface area contributed by atoms with Crippen LogP contribution in [0.3, 0.4) is 0 Å². The Morgan fingerprint density at radius 1 is 0.353 bits per heavy atom. The van der Waals surface area contributed by atoms with E-state index in [1.54, 1.807) is 0 Å². The van der Waals surface area contributed by atoms with E-state index in [0.717, 1.165) is 11.2 Å². The molecule has 0 unspecified atom stereocenters. The van der Waals surface area contributed by atoms with Crippen molar-refractivity contribution in [3.8, 4) is 22.3 Å². The van der Waals surface area contributed by atoms with Crippen LogP contribution in [0.1, 0.15) is 0 Å². The second kappa shape index (κ2) is 10.3. The van der Waals surface area contributed by atoms with Gasteiger partial charge in [-0.1, -0.05) is 140 Å². The van der Waals surface area contributed by atoms with E-state index >= 15 is 0 Å². The van der Waals surface area contributed by atoms with Crippen molar-refractivity contribution in [2.75, 3.05) is 0 Å². The van der Waals surface area contributed by atoms with E-state index in [1.807, 2.05) is 22.7 Å². The molecule has 0 spiro atoms. The minimum absolute atomic E-state index is 0.936. The van der Waals surface area contributed by atoms with Crippen LogP contribution in [0.2, 0.25) is 0 Å². The van der Waals surface area contributed by atoms with Gasteiger partial charge in [0.1, 0.15) is 11.2 Å². The quantitative estimate of drug-likeness (QED) is 0.165. The Morgan fingerprint density at radius 3 is 1.69 bits per heavy atom. The van der Waals surface area contributed by atoms with E-state index < -0.39 is 0 Å². The lowest BCUT2D eigenvalue weighted by Gasteiger charge is -2.18. The maximum absolute atomic E-state index is 6.68. The van der Waals surface area contributed by atoms with Crippen LogP contribution in [0.4, 0.5) is 0 Å². The number of rotatable bonds is 2. The van der Waals surface area contributed by atoms with Crippen molar-refractivity contribution in [3.63, 3.8) is 0 Å². The number of hydrogen-bond donors (Lipinski definition) is 0. The molecule has 3 heterocycles. The number of thiophene rings is 2. The molecule has 3 aromatic heterocycles. The highest BCUT2D eigenvalue weighted by molar-refractivity contribution is 7.27. The zero-order chi connectivity index (χ0) is 33.2. The molecule has 0 N–H and O–H groups in total. The summed E-state index contributed by atoms with van der Waals surface area (Å²) in [6.07, 6.45) is 0. The average molecular weight is 683 g/mol. The molecule has 0 saturated heterocycles. The highest BCUT2D eigenvalue weighted by Gasteiger charge is 2.22. The molecule has 0 aliphatic rings. The van der Waals surface area contributed by atoms with Crippen molar-refractivity contribution in [2.45, 2.75) is 0 Å². The zero-order valence-corrected chi connectivity index (χ0v) is 28.9. The van der Waals surface area contributed by atoms with Gasteiger partial charge in [-0.3, -0.25) is 0 Å². The van der Waals surface area contributed by atoms with Gasteiger partial charge in [-0.2, -0.15) is 0 Å². The molecule has 9 aromatic carbocycles. The molecule has 12 aromatic rings. The minimum atomic E-state index is 0.936. The lowest BCUT2D eigenvalue weighted by atomic mass is 9.85. The van der Waals surface area contributed by atoms with Crippen molar-refractivity contribution in [1.82, 2.24) is 0 Å². The van der Waals surface area contributed by atoms with E-state index in [2.05, 4.69) is 158 Å². The first-order valence-electron chi connectivity index (χ1n) is 17.3. The first kappa shape index (κ1) is 27.8. The van der Waals surface area contributed by atoms with Gasteiger partial charge in [0.2, 0.25) is 0 Å². The molecule has 12 rings (SSSR count). The minimum Gasteiger partial charge on any atom is -0.455 e. The largest absolute Gasteiger partial charge is 0.455 e. The number of para-hydroxylation sites is 1. The predicted molar refractivity (Wildman–Crippen MR) is 223 cm³/mol.